The van der Waals surface area contributed by atoms with E-state index in [2.05, 4.69) is 0 Å². The zero-order chi connectivity index (χ0) is 9.84. The van der Waals surface area contributed by atoms with Crippen molar-refractivity contribution in [3.8, 4) is 0 Å². The molecule has 1 aromatic rings. The summed E-state index contributed by atoms with van der Waals surface area (Å²) < 4.78 is 0. The summed E-state index contributed by atoms with van der Waals surface area (Å²) in [6.45, 7) is 1.96. The molecule has 0 radical (unpaired) electrons. The first kappa shape index (κ1) is 13.6. The molecule has 0 aliphatic rings. The third-order valence-electron chi connectivity index (χ3n) is 1.62. The standard InChI is InChI=1S/C9H11ClN2S.ClH/c1-6-4-7(2-3-8(6)10)5-13-9(11)12;/h2-4H,5H2,1H3,(H3,11,12);1H. The Morgan fingerprint density at radius 3 is 2.71 bits per heavy atom. The van der Waals surface area contributed by atoms with Crippen molar-refractivity contribution in [2.75, 3.05) is 0 Å². The number of aryl methyl sites for hydroxylation is 1. The third kappa shape index (κ3) is 4.22. The van der Waals surface area contributed by atoms with E-state index in [4.69, 9.17) is 22.7 Å². The van der Waals surface area contributed by atoms with E-state index in [1.807, 2.05) is 25.1 Å². The van der Waals surface area contributed by atoms with Crippen LogP contribution in [0.5, 0.6) is 0 Å². The molecule has 0 saturated carbocycles. The molecule has 0 heterocycles. The van der Waals surface area contributed by atoms with Crippen LogP contribution in [-0.2, 0) is 5.75 Å². The van der Waals surface area contributed by atoms with Gasteiger partial charge in [-0.05, 0) is 24.1 Å². The highest BCUT2D eigenvalue weighted by Gasteiger charge is 1.98. The van der Waals surface area contributed by atoms with Gasteiger partial charge in [0.25, 0.3) is 0 Å². The van der Waals surface area contributed by atoms with Gasteiger partial charge in [-0.3, -0.25) is 5.41 Å². The minimum atomic E-state index is 0. The van der Waals surface area contributed by atoms with Crippen molar-refractivity contribution in [3.05, 3.63) is 34.3 Å². The number of benzene rings is 1. The summed E-state index contributed by atoms with van der Waals surface area (Å²) in [6.07, 6.45) is 0. The van der Waals surface area contributed by atoms with E-state index in [-0.39, 0.29) is 17.6 Å². The minimum Gasteiger partial charge on any atom is -0.379 e. The van der Waals surface area contributed by atoms with Crippen LogP contribution in [0.25, 0.3) is 0 Å². The highest BCUT2D eigenvalue weighted by atomic mass is 35.5. The molecular formula is C9H12Cl2N2S. The van der Waals surface area contributed by atoms with Crippen LogP contribution in [0.15, 0.2) is 18.2 Å². The largest absolute Gasteiger partial charge is 0.379 e. The van der Waals surface area contributed by atoms with E-state index in [1.54, 1.807) is 0 Å². The summed E-state index contributed by atoms with van der Waals surface area (Å²) in [5.41, 5.74) is 7.43. The van der Waals surface area contributed by atoms with Gasteiger partial charge < -0.3 is 5.73 Å². The summed E-state index contributed by atoms with van der Waals surface area (Å²) >= 11 is 7.19. The number of hydrogen-bond acceptors (Lipinski definition) is 2. The smallest absolute Gasteiger partial charge is 0.151 e. The van der Waals surface area contributed by atoms with Crippen LogP contribution in [-0.4, -0.2) is 5.17 Å². The van der Waals surface area contributed by atoms with Gasteiger partial charge >= 0.3 is 0 Å². The van der Waals surface area contributed by atoms with Crippen LogP contribution in [0.1, 0.15) is 11.1 Å². The van der Waals surface area contributed by atoms with Gasteiger partial charge in [0, 0.05) is 10.8 Å². The van der Waals surface area contributed by atoms with E-state index in [0.717, 1.165) is 21.9 Å². The van der Waals surface area contributed by atoms with Crippen LogP contribution in [0.4, 0.5) is 0 Å². The lowest BCUT2D eigenvalue weighted by Gasteiger charge is -2.02. The zero-order valence-electron chi connectivity index (χ0n) is 7.71. The Morgan fingerprint density at radius 1 is 1.57 bits per heavy atom. The normalized spacial score (nSPS) is 9.29. The van der Waals surface area contributed by atoms with E-state index in [1.165, 1.54) is 11.8 Å². The van der Waals surface area contributed by atoms with Gasteiger partial charge in [-0.25, -0.2) is 0 Å². The maximum Gasteiger partial charge on any atom is 0.151 e. The lowest BCUT2D eigenvalue weighted by molar-refractivity contribution is 1.36. The lowest BCUT2D eigenvalue weighted by atomic mass is 10.2. The monoisotopic (exact) mass is 250 g/mol. The highest BCUT2D eigenvalue weighted by molar-refractivity contribution is 8.13. The van der Waals surface area contributed by atoms with Crippen LogP contribution in [0.3, 0.4) is 0 Å². The van der Waals surface area contributed by atoms with Crippen LogP contribution < -0.4 is 5.73 Å². The van der Waals surface area contributed by atoms with Crippen molar-refractivity contribution < 1.29 is 0 Å². The molecule has 1 aromatic carbocycles. The maximum atomic E-state index is 7.05. The van der Waals surface area contributed by atoms with Gasteiger partial charge in [0.1, 0.15) is 0 Å². The Balaban J connectivity index is 0.00000169. The minimum absolute atomic E-state index is 0. The predicted octanol–water partition coefficient (Wildman–Crippen LogP) is 3.20. The highest BCUT2D eigenvalue weighted by Crippen LogP contribution is 2.19. The average Bonchev–Trinajstić information content (AvgIpc) is 2.07. The second-order valence-corrected chi connectivity index (χ2v) is 4.16. The van der Waals surface area contributed by atoms with E-state index >= 15 is 0 Å². The molecule has 0 atom stereocenters. The molecule has 2 nitrogen and oxygen atoms in total. The summed E-state index contributed by atoms with van der Waals surface area (Å²) in [7, 11) is 0. The van der Waals surface area contributed by atoms with Gasteiger partial charge in [-0.2, -0.15) is 0 Å². The Bertz CT molecular complexity index is 329. The molecule has 0 amide bonds. The quantitative estimate of drug-likeness (QED) is 0.626. The van der Waals surface area contributed by atoms with E-state index in [0.29, 0.717) is 0 Å². The Labute approximate surface area is 99.1 Å². The van der Waals surface area contributed by atoms with Crippen molar-refractivity contribution in [2.45, 2.75) is 12.7 Å². The first-order valence-electron chi connectivity index (χ1n) is 3.81. The number of nitrogens with two attached hydrogens (primary N) is 1. The van der Waals surface area contributed by atoms with Gasteiger partial charge in [0.15, 0.2) is 5.17 Å². The third-order valence-corrected chi connectivity index (χ3v) is 2.83. The van der Waals surface area contributed by atoms with E-state index in [9.17, 15) is 0 Å². The number of hydrogen-bond donors (Lipinski definition) is 2. The van der Waals surface area contributed by atoms with Gasteiger partial charge in [0.05, 0.1) is 0 Å². The molecule has 0 aliphatic carbocycles. The van der Waals surface area contributed by atoms with Crippen molar-refractivity contribution >= 4 is 40.9 Å². The molecule has 3 N–H and O–H groups in total. The molecule has 0 aliphatic heterocycles. The molecule has 0 fully saturated rings. The molecule has 14 heavy (non-hydrogen) atoms. The lowest BCUT2D eigenvalue weighted by Crippen LogP contribution is -2.03. The first-order chi connectivity index (χ1) is 6.09. The Morgan fingerprint density at radius 2 is 2.21 bits per heavy atom. The molecule has 0 aromatic heterocycles. The van der Waals surface area contributed by atoms with Gasteiger partial charge in [-0.15, -0.1) is 12.4 Å². The Hall–Kier alpha value is -0.380. The molecule has 78 valence electrons. The van der Waals surface area contributed by atoms with Crippen molar-refractivity contribution in [1.82, 2.24) is 0 Å². The molecule has 0 bridgehead atoms. The van der Waals surface area contributed by atoms with Crippen molar-refractivity contribution in [3.63, 3.8) is 0 Å². The number of amidine groups is 1. The number of rotatable bonds is 2. The fraction of sp³-hybridized carbons (Fsp3) is 0.222. The fourth-order valence-corrected chi connectivity index (χ4v) is 1.58. The van der Waals surface area contributed by atoms with Crippen LogP contribution >= 0.6 is 35.8 Å². The molecule has 1 rings (SSSR count). The number of thioether (sulfide) groups is 1. The van der Waals surface area contributed by atoms with E-state index < -0.39 is 0 Å². The second-order valence-electron chi connectivity index (χ2n) is 2.74. The second kappa shape index (κ2) is 6.17. The first-order valence-corrected chi connectivity index (χ1v) is 5.18. The summed E-state index contributed by atoms with van der Waals surface area (Å²) in [6, 6.07) is 5.83. The molecule has 0 spiro atoms. The van der Waals surface area contributed by atoms with Crippen molar-refractivity contribution in [1.29, 1.82) is 5.41 Å². The summed E-state index contributed by atoms with van der Waals surface area (Å²) in [4.78, 5) is 0. The van der Waals surface area contributed by atoms with Crippen LogP contribution in [0.2, 0.25) is 5.02 Å². The topological polar surface area (TPSA) is 49.9 Å². The molecule has 0 saturated heterocycles. The van der Waals surface area contributed by atoms with Gasteiger partial charge in [-0.1, -0.05) is 35.5 Å². The number of halogens is 2. The van der Waals surface area contributed by atoms with Crippen molar-refractivity contribution in [2.24, 2.45) is 5.73 Å². The van der Waals surface area contributed by atoms with Crippen LogP contribution in [0, 0.1) is 12.3 Å². The average molecular weight is 251 g/mol. The summed E-state index contributed by atoms with van der Waals surface area (Å²) in [5, 5.41) is 7.97. The maximum absolute atomic E-state index is 7.05. The molecule has 0 unspecified atom stereocenters. The van der Waals surface area contributed by atoms with Gasteiger partial charge in [0.2, 0.25) is 0 Å². The Kier molecular flexibility index (Phi) is 6.00. The number of nitrogens with one attached hydrogen (secondary N) is 1. The molecule has 5 heteroatoms. The molecular weight excluding hydrogens is 239 g/mol. The summed E-state index contributed by atoms with van der Waals surface area (Å²) in [5.74, 6) is 0.730. The fourth-order valence-electron chi connectivity index (χ4n) is 0.958. The zero-order valence-corrected chi connectivity index (χ0v) is 10.1. The SMILES string of the molecule is Cc1cc(CSC(=N)N)ccc1Cl.Cl. The predicted molar refractivity (Wildman–Crippen MR) is 66.6 cm³/mol.